The number of carbonyl (C=O) groups excluding carboxylic acids is 1. The number of amides is 1. The standard InChI is InChI=1S/C24H25N3O2/c1-29-21-9-2-6-18(15-21)14-20-8-3-10-22(26-20)23-11-5-13-27(23)24(28)16-19-7-4-12-25-17-19/h2-4,6-10,12,15,17,23H,5,11,13-14,16H2,1H3. The molecule has 3 heterocycles. The number of ether oxygens (including phenoxy) is 1. The number of benzene rings is 1. The maximum absolute atomic E-state index is 12.9. The van der Waals surface area contributed by atoms with Gasteiger partial charge < -0.3 is 9.64 Å². The van der Waals surface area contributed by atoms with E-state index < -0.39 is 0 Å². The van der Waals surface area contributed by atoms with E-state index in [9.17, 15) is 4.79 Å². The number of likely N-dealkylation sites (tertiary alicyclic amines) is 1. The van der Waals surface area contributed by atoms with E-state index in [0.29, 0.717) is 6.42 Å². The zero-order valence-electron chi connectivity index (χ0n) is 16.6. The molecule has 1 atom stereocenters. The van der Waals surface area contributed by atoms with Gasteiger partial charge in [0.15, 0.2) is 0 Å². The molecule has 1 unspecified atom stereocenters. The second kappa shape index (κ2) is 8.86. The van der Waals surface area contributed by atoms with E-state index in [1.54, 1.807) is 19.5 Å². The van der Waals surface area contributed by atoms with Crippen molar-refractivity contribution >= 4 is 5.91 Å². The van der Waals surface area contributed by atoms with Gasteiger partial charge in [-0.25, -0.2) is 0 Å². The summed E-state index contributed by atoms with van der Waals surface area (Å²) in [6, 6.07) is 18.0. The number of nitrogens with zero attached hydrogens (tertiary/aromatic N) is 3. The van der Waals surface area contributed by atoms with Crippen LogP contribution in [0.3, 0.4) is 0 Å². The molecular formula is C24H25N3O2. The summed E-state index contributed by atoms with van der Waals surface area (Å²) >= 11 is 0. The summed E-state index contributed by atoms with van der Waals surface area (Å²) in [4.78, 5) is 23.9. The smallest absolute Gasteiger partial charge is 0.227 e. The molecule has 1 saturated heterocycles. The van der Waals surface area contributed by atoms with Gasteiger partial charge in [0.1, 0.15) is 5.75 Å². The third kappa shape index (κ3) is 4.62. The van der Waals surface area contributed by atoms with Gasteiger partial charge >= 0.3 is 0 Å². The lowest BCUT2D eigenvalue weighted by Gasteiger charge is -2.25. The first-order valence-corrected chi connectivity index (χ1v) is 10.00. The van der Waals surface area contributed by atoms with Gasteiger partial charge in [-0.15, -0.1) is 0 Å². The topological polar surface area (TPSA) is 55.3 Å². The summed E-state index contributed by atoms with van der Waals surface area (Å²) in [6.07, 6.45) is 6.56. The van der Waals surface area contributed by atoms with Crippen molar-refractivity contribution in [3.05, 3.63) is 89.5 Å². The van der Waals surface area contributed by atoms with Crippen molar-refractivity contribution in [2.45, 2.75) is 31.7 Å². The largest absolute Gasteiger partial charge is 0.497 e. The van der Waals surface area contributed by atoms with Crippen molar-refractivity contribution in [2.75, 3.05) is 13.7 Å². The Balaban J connectivity index is 1.49. The Kier molecular flexibility index (Phi) is 5.84. The quantitative estimate of drug-likeness (QED) is 0.642. The zero-order chi connectivity index (χ0) is 20.1. The average molecular weight is 387 g/mol. The number of carbonyl (C=O) groups is 1. The monoisotopic (exact) mass is 387 g/mol. The lowest BCUT2D eigenvalue weighted by molar-refractivity contribution is -0.131. The van der Waals surface area contributed by atoms with Crippen LogP contribution in [0.2, 0.25) is 0 Å². The number of hydrogen-bond donors (Lipinski definition) is 0. The first kappa shape index (κ1) is 19.1. The van der Waals surface area contributed by atoms with Crippen molar-refractivity contribution in [3.8, 4) is 5.75 Å². The van der Waals surface area contributed by atoms with Gasteiger partial charge in [-0.2, -0.15) is 0 Å². The van der Waals surface area contributed by atoms with Crippen molar-refractivity contribution in [1.29, 1.82) is 0 Å². The Morgan fingerprint density at radius 2 is 2.00 bits per heavy atom. The molecule has 5 nitrogen and oxygen atoms in total. The minimum atomic E-state index is 0.0458. The van der Waals surface area contributed by atoms with Gasteiger partial charge in [0, 0.05) is 31.1 Å². The highest BCUT2D eigenvalue weighted by Gasteiger charge is 2.30. The van der Waals surface area contributed by atoms with Crippen LogP contribution >= 0.6 is 0 Å². The second-order valence-electron chi connectivity index (χ2n) is 7.37. The predicted molar refractivity (Wildman–Crippen MR) is 112 cm³/mol. The Hall–Kier alpha value is -3.21. The summed E-state index contributed by atoms with van der Waals surface area (Å²) in [5.74, 6) is 0.988. The SMILES string of the molecule is COc1cccc(Cc2cccc(C3CCCN3C(=O)Cc3cccnc3)n2)c1. The molecule has 0 saturated carbocycles. The van der Waals surface area contributed by atoms with E-state index in [1.807, 2.05) is 53.4 Å². The number of methoxy groups -OCH3 is 1. The van der Waals surface area contributed by atoms with Gasteiger partial charge in [-0.1, -0.05) is 24.3 Å². The van der Waals surface area contributed by atoms with Crippen LogP contribution in [0.25, 0.3) is 0 Å². The molecule has 0 aliphatic carbocycles. The minimum Gasteiger partial charge on any atom is -0.497 e. The van der Waals surface area contributed by atoms with Crippen LogP contribution in [-0.2, 0) is 17.6 Å². The van der Waals surface area contributed by atoms with Crippen LogP contribution in [0.15, 0.2) is 67.0 Å². The molecule has 1 aliphatic heterocycles. The molecule has 1 aliphatic rings. The number of pyridine rings is 2. The zero-order valence-corrected chi connectivity index (χ0v) is 16.6. The van der Waals surface area contributed by atoms with Gasteiger partial charge in [-0.3, -0.25) is 14.8 Å². The molecule has 4 rings (SSSR count). The van der Waals surface area contributed by atoms with Gasteiger partial charge in [0.05, 0.1) is 25.3 Å². The van der Waals surface area contributed by atoms with Crippen LogP contribution in [-0.4, -0.2) is 34.4 Å². The molecule has 1 fully saturated rings. The molecule has 3 aromatic rings. The molecule has 0 spiro atoms. The van der Waals surface area contributed by atoms with E-state index in [1.165, 1.54) is 0 Å². The molecule has 2 aromatic heterocycles. The molecule has 0 N–H and O–H groups in total. The molecule has 0 radical (unpaired) electrons. The number of aromatic nitrogens is 2. The van der Waals surface area contributed by atoms with Crippen molar-refractivity contribution in [1.82, 2.24) is 14.9 Å². The highest BCUT2D eigenvalue weighted by Crippen LogP contribution is 2.31. The Bertz CT molecular complexity index is 975. The van der Waals surface area contributed by atoms with Crippen molar-refractivity contribution in [2.24, 2.45) is 0 Å². The summed E-state index contributed by atoms with van der Waals surface area (Å²) in [7, 11) is 1.68. The average Bonchev–Trinajstić information content (AvgIpc) is 3.25. The molecular weight excluding hydrogens is 362 g/mol. The third-order valence-corrected chi connectivity index (χ3v) is 5.34. The predicted octanol–water partition coefficient (Wildman–Crippen LogP) is 3.98. The lowest BCUT2D eigenvalue weighted by atomic mass is 10.1. The molecule has 1 aromatic carbocycles. The summed E-state index contributed by atoms with van der Waals surface area (Å²) < 4.78 is 5.32. The number of rotatable bonds is 6. The third-order valence-electron chi connectivity index (χ3n) is 5.34. The van der Waals surface area contributed by atoms with Crippen LogP contribution in [0, 0.1) is 0 Å². The molecule has 148 valence electrons. The second-order valence-corrected chi connectivity index (χ2v) is 7.37. The van der Waals surface area contributed by atoms with Crippen LogP contribution in [0.5, 0.6) is 5.75 Å². The maximum atomic E-state index is 12.9. The first-order chi connectivity index (χ1) is 14.2. The van der Waals surface area contributed by atoms with E-state index in [0.717, 1.165) is 54.1 Å². The molecule has 1 amide bonds. The lowest BCUT2D eigenvalue weighted by Crippen LogP contribution is -2.32. The highest BCUT2D eigenvalue weighted by molar-refractivity contribution is 5.79. The fourth-order valence-corrected chi connectivity index (χ4v) is 3.93. The van der Waals surface area contributed by atoms with E-state index in [2.05, 4.69) is 11.1 Å². The van der Waals surface area contributed by atoms with Crippen molar-refractivity contribution in [3.63, 3.8) is 0 Å². The Morgan fingerprint density at radius 3 is 2.83 bits per heavy atom. The van der Waals surface area contributed by atoms with Gasteiger partial charge in [0.2, 0.25) is 5.91 Å². The maximum Gasteiger partial charge on any atom is 0.227 e. The van der Waals surface area contributed by atoms with E-state index in [4.69, 9.17) is 9.72 Å². The first-order valence-electron chi connectivity index (χ1n) is 10.00. The molecule has 0 bridgehead atoms. The summed E-state index contributed by atoms with van der Waals surface area (Å²) in [6.45, 7) is 0.783. The van der Waals surface area contributed by atoms with Gasteiger partial charge in [0.25, 0.3) is 0 Å². The Morgan fingerprint density at radius 1 is 1.14 bits per heavy atom. The van der Waals surface area contributed by atoms with Crippen LogP contribution < -0.4 is 4.74 Å². The van der Waals surface area contributed by atoms with Crippen LogP contribution in [0.1, 0.15) is 41.4 Å². The van der Waals surface area contributed by atoms with Gasteiger partial charge in [-0.05, 0) is 54.3 Å². The highest BCUT2D eigenvalue weighted by atomic mass is 16.5. The van der Waals surface area contributed by atoms with Crippen molar-refractivity contribution < 1.29 is 9.53 Å². The van der Waals surface area contributed by atoms with E-state index in [-0.39, 0.29) is 11.9 Å². The van der Waals surface area contributed by atoms with Crippen LogP contribution in [0.4, 0.5) is 0 Å². The summed E-state index contributed by atoms with van der Waals surface area (Å²) in [5, 5.41) is 0. The van der Waals surface area contributed by atoms with E-state index >= 15 is 0 Å². The fraction of sp³-hybridized carbons (Fsp3) is 0.292. The molecule has 29 heavy (non-hydrogen) atoms. The molecule has 5 heteroatoms. The number of hydrogen-bond acceptors (Lipinski definition) is 4. The Labute approximate surface area is 171 Å². The minimum absolute atomic E-state index is 0.0458. The summed E-state index contributed by atoms with van der Waals surface area (Å²) in [5.41, 5.74) is 4.08. The fourth-order valence-electron chi connectivity index (χ4n) is 3.93. The normalized spacial score (nSPS) is 16.0.